The van der Waals surface area contributed by atoms with E-state index in [4.69, 9.17) is 15.2 Å². The number of fused-ring (bicyclic) bond motifs is 1. The summed E-state index contributed by atoms with van der Waals surface area (Å²) in [4.78, 5) is 0. The Balaban J connectivity index is 2.12. The summed E-state index contributed by atoms with van der Waals surface area (Å²) in [5, 5.41) is 0. The summed E-state index contributed by atoms with van der Waals surface area (Å²) in [6.45, 7) is 4.57. The highest BCUT2D eigenvalue weighted by Gasteiger charge is 2.35. The van der Waals surface area contributed by atoms with E-state index in [-0.39, 0.29) is 0 Å². The third-order valence-corrected chi connectivity index (χ3v) is 2.48. The zero-order valence-corrected chi connectivity index (χ0v) is 8.75. The van der Waals surface area contributed by atoms with Crippen molar-refractivity contribution < 1.29 is 9.47 Å². The normalized spacial score (nSPS) is 28.4. The number of hydrogen-bond acceptors (Lipinski definition) is 3. The van der Waals surface area contributed by atoms with E-state index in [1.807, 2.05) is 13.8 Å². The number of hydrogen-bond donors (Lipinski definition) is 1. The fourth-order valence-electron chi connectivity index (χ4n) is 1.87. The quantitative estimate of drug-likeness (QED) is 0.732. The molecule has 1 saturated heterocycles. The van der Waals surface area contributed by atoms with Crippen molar-refractivity contribution in [1.29, 1.82) is 0 Å². The van der Waals surface area contributed by atoms with Gasteiger partial charge in [0.05, 0.1) is 0 Å². The van der Waals surface area contributed by atoms with E-state index in [1.54, 1.807) is 0 Å². The molecule has 0 spiro atoms. The summed E-state index contributed by atoms with van der Waals surface area (Å²) in [6, 6.07) is 0. The van der Waals surface area contributed by atoms with Gasteiger partial charge in [0.25, 0.3) is 0 Å². The van der Waals surface area contributed by atoms with Crippen molar-refractivity contribution in [3.63, 3.8) is 0 Å². The van der Waals surface area contributed by atoms with Gasteiger partial charge in [0.15, 0.2) is 11.5 Å². The zero-order chi connectivity index (χ0) is 10.2. The molecule has 0 bridgehead atoms. The monoisotopic (exact) mass is 195 g/mol. The van der Waals surface area contributed by atoms with Crippen LogP contribution in [0.2, 0.25) is 0 Å². The molecule has 3 heteroatoms. The summed E-state index contributed by atoms with van der Waals surface area (Å²) in [5.41, 5.74) is 5.53. The number of ether oxygens (including phenoxy) is 2. The maximum absolute atomic E-state index is 5.66. The van der Waals surface area contributed by atoms with Crippen LogP contribution in [0.1, 0.15) is 26.7 Å². The van der Waals surface area contributed by atoms with Gasteiger partial charge in [0.1, 0.15) is 0 Å². The summed E-state index contributed by atoms with van der Waals surface area (Å²) in [6.07, 6.45) is 6.26. The second-order valence-corrected chi connectivity index (χ2v) is 4.28. The van der Waals surface area contributed by atoms with Gasteiger partial charge in [-0.1, -0.05) is 0 Å². The van der Waals surface area contributed by atoms with Crippen molar-refractivity contribution in [2.24, 2.45) is 11.7 Å². The first-order valence-electron chi connectivity index (χ1n) is 5.11. The molecule has 3 nitrogen and oxygen atoms in total. The Morgan fingerprint density at radius 3 is 2.86 bits per heavy atom. The van der Waals surface area contributed by atoms with Gasteiger partial charge in [-0.05, 0) is 37.5 Å². The molecule has 0 aromatic heterocycles. The summed E-state index contributed by atoms with van der Waals surface area (Å²) in [7, 11) is 0. The van der Waals surface area contributed by atoms with Crippen molar-refractivity contribution in [2.75, 3.05) is 6.54 Å². The highest BCUT2D eigenvalue weighted by Crippen LogP contribution is 2.38. The molecular weight excluding hydrogens is 178 g/mol. The molecule has 0 radical (unpaired) electrons. The molecular formula is C11H17NO2. The molecule has 2 aliphatic rings. The Morgan fingerprint density at radius 2 is 2.14 bits per heavy atom. The molecule has 1 aliphatic carbocycles. The molecule has 78 valence electrons. The van der Waals surface area contributed by atoms with Crippen LogP contribution < -0.4 is 5.73 Å². The second kappa shape index (κ2) is 3.31. The van der Waals surface area contributed by atoms with E-state index in [2.05, 4.69) is 12.2 Å². The minimum atomic E-state index is -0.505. The molecule has 1 aliphatic heterocycles. The smallest absolute Gasteiger partial charge is 0.246 e. The predicted molar refractivity (Wildman–Crippen MR) is 54.2 cm³/mol. The maximum atomic E-state index is 5.66. The molecule has 1 fully saturated rings. The van der Waals surface area contributed by atoms with Gasteiger partial charge in [0, 0.05) is 13.8 Å². The lowest BCUT2D eigenvalue weighted by Crippen LogP contribution is -2.18. The van der Waals surface area contributed by atoms with Crippen LogP contribution in [0.25, 0.3) is 0 Å². The van der Waals surface area contributed by atoms with Crippen LogP contribution in [0.5, 0.6) is 0 Å². The Hall–Kier alpha value is -0.960. The Bertz CT molecular complexity index is 292. The second-order valence-electron chi connectivity index (χ2n) is 4.28. The minimum absolute atomic E-state index is 0.505. The third kappa shape index (κ3) is 1.77. The molecule has 2 N–H and O–H groups in total. The Kier molecular flexibility index (Phi) is 2.27. The summed E-state index contributed by atoms with van der Waals surface area (Å²) < 4.78 is 11.3. The molecule has 1 atom stereocenters. The van der Waals surface area contributed by atoms with Crippen LogP contribution in [0.3, 0.4) is 0 Å². The number of nitrogens with two attached hydrogens (primary N) is 1. The summed E-state index contributed by atoms with van der Waals surface area (Å²) in [5.74, 6) is 1.79. The molecule has 1 unspecified atom stereocenters. The van der Waals surface area contributed by atoms with Crippen LogP contribution >= 0.6 is 0 Å². The fourth-order valence-corrected chi connectivity index (χ4v) is 1.87. The zero-order valence-electron chi connectivity index (χ0n) is 8.75. The van der Waals surface area contributed by atoms with Gasteiger partial charge < -0.3 is 15.2 Å². The Morgan fingerprint density at radius 1 is 1.43 bits per heavy atom. The topological polar surface area (TPSA) is 44.5 Å². The van der Waals surface area contributed by atoms with Crippen LogP contribution in [-0.2, 0) is 9.47 Å². The molecule has 0 aromatic carbocycles. The van der Waals surface area contributed by atoms with E-state index >= 15 is 0 Å². The lowest BCUT2D eigenvalue weighted by Gasteiger charge is -2.15. The molecule has 14 heavy (non-hydrogen) atoms. The maximum Gasteiger partial charge on any atom is 0.246 e. The fraction of sp³-hybridized carbons (Fsp3) is 0.636. The van der Waals surface area contributed by atoms with Crippen LogP contribution in [-0.4, -0.2) is 12.3 Å². The van der Waals surface area contributed by atoms with E-state index < -0.39 is 5.79 Å². The lowest BCUT2D eigenvalue weighted by molar-refractivity contribution is -0.104. The SMILES string of the molecule is CC1(C)OC2=CCC(CCN)C=C2O1. The average molecular weight is 195 g/mol. The largest absolute Gasteiger partial charge is 0.449 e. The molecule has 2 rings (SSSR count). The van der Waals surface area contributed by atoms with Gasteiger partial charge in [-0.15, -0.1) is 0 Å². The highest BCUT2D eigenvalue weighted by molar-refractivity contribution is 5.28. The standard InChI is InChI=1S/C11H17NO2/c1-11(2)13-9-4-3-8(5-6-12)7-10(9)14-11/h4,7-8H,3,5-6,12H2,1-2H3. The first-order valence-corrected chi connectivity index (χ1v) is 5.11. The van der Waals surface area contributed by atoms with Gasteiger partial charge >= 0.3 is 0 Å². The molecule has 0 saturated carbocycles. The minimum Gasteiger partial charge on any atom is -0.449 e. The van der Waals surface area contributed by atoms with Crippen molar-refractivity contribution in [1.82, 2.24) is 0 Å². The average Bonchev–Trinajstić information content (AvgIpc) is 2.38. The summed E-state index contributed by atoms with van der Waals surface area (Å²) >= 11 is 0. The predicted octanol–water partition coefficient (Wildman–Crippen LogP) is 1.91. The first-order chi connectivity index (χ1) is 6.61. The van der Waals surface area contributed by atoms with Crippen molar-refractivity contribution in [2.45, 2.75) is 32.5 Å². The van der Waals surface area contributed by atoms with E-state index in [0.29, 0.717) is 5.92 Å². The van der Waals surface area contributed by atoms with Gasteiger partial charge in [-0.25, -0.2) is 0 Å². The molecule has 1 heterocycles. The van der Waals surface area contributed by atoms with Crippen LogP contribution in [0.4, 0.5) is 0 Å². The van der Waals surface area contributed by atoms with Gasteiger partial charge in [-0.3, -0.25) is 0 Å². The van der Waals surface area contributed by atoms with E-state index in [1.165, 1.54) is 0 Å². The van der Waals surface area contributed by atoms with Crippen LogP contribution in [0, 0.1) is 5.92 Å². The number of allylic oxidation sites excluding steroid dienone is 2. The number of rotatable bonds is 2. The van der Waals surface area contributed by atoms with E-state index in [0.717, 1.165) is 30.9 Å². The van der Waals surface area contributed by atoms with Gasteiger partial charge in [-0.2, -0.15) is 0 Å². The van der Waals surface area contributed by atoms with Crippen molar-refractivity contribution in [3.05, 3.63) is 23.7 Å². The highest BCUT2D eigenvalue weighted by atomic mass is 16.7. The van der Waals surface area contributed by atoms with Crippen molar-refractivity contribution >= 4 is 0 Å². The van der Waals surface area contributed by atoms with E-state index in [9.17, 15) is 0 Å². The van der Waals surface area contributed by atoms with Crippen molar-refractivity contribution in [3.8, 4) is 0 Å². The molecule has 0 amide bonds. The molecule has 0 aromatic rings. The van der Waals surface area contributed by atoms with Gasteiger partial charge in [0.2, 0.25) is 5.79 Å². The first kappa shape index (κ1) is 9.59. The Labute approximate surface area is 84.6 Å². The third-order valence-electron chi connectivity index (χ3n) is 2.48. The van der Waals surface area contributed by atoms with Crippen LogP contribution in [0.15, 0.2) is 23.7 Å². The lowest BCUT2D eigenvalue weighted by atomic mass is 9.96.